The second-order valence-corrected chi connectivity index (χ2v) is 6.54. The predicted octanol–water partition coefficient (Wildman–Crippen LogP) is 4.34. The van der Waals surface area contributed by atoms with Crippen molar-refractivity contribution in [2.75, 3.05) is 12.0 Å². The minimum absolute atomic E-state index is 0.0738. The third-order valence-corrected chi connectivity index (χ3v) is 4.89. The third-order valence-electron chi connectivity index (χ3n) is 4.89. The highest BCUT2D eigenvalue weighted by atomic mass is 16.5. The Morgan fingerprint density at radius 2 is 1.69 bits per heavy atom. The number of hydrogen-bond donors (Lipinski definition) is 1. The molecule has 0 fully saturated rings. The topological polar surface area (TPSA) is 82.8 Å². The SMILES string of the molecule is COC(=O)c1ccc(N2[C@H](C#N)c3ccccc3O[C@H]2c2ccccc2O)cc1. The number of hydrogen-bond acceptors (Lipinski definition) is 6. The minimum Gasteiger partial charge on any atom is -0.507 e. The number of anilines is 1. The lowest BCUT2D eigenvalue weighted by Gasteiger charge is -2.41. The van der Waals surface area contributed by atoms with Crippen LogP contribution in [0, 0.1) is 11.3 Å². The van der Waals surface area contributed by atoms with E-state index in [1.165, 1.54) is 7.11 Å². The molecular formula is C23H18N2O4. The highest BCUT2D eigenvalue weighted by molar-refractivity contribution is 5.89. The summed E-state index contributed by atoms with van der Waals surface area (Å²) in [6.45, 7) is 0. The van der Waals surface area contributed by atoms with E-state index in [0.29, 0.717) is 22.6 Å². The largest absolute Gasteiger partial charge is 0.507 e. The van der Waals surface area contributed by atoms with Crippen molar-refractivity contribution in [3.8, 4) is 17.6 Å². The van der Waals surface area contributed by atoms with Crippen molar-refractivity contribution in [2.45, 2.75) is 12.3 Å². The van der Waals surface area contributed by atoms with Crippen molar-refractivity contribution in [3.63, 3.8) is 0 Å². The van der Waals surface area contributed by atoms with Crippen LogP contribution >= 0.6 is 0 Å². The number of rotatable bonds is 3. The Balaban J connectivity index is 1.86. The molecule has 2 atom stereocenters. The molecule has 1 N–H and O–H groups in total. The number of para-hydroxylation sites is 2. The van der Waals surface area contributed by atoms with E-state index in [-0.39, 0.29) is 5.75 Å². The summed E-state index contributed by atoms with van der Waals surface area (Å²) in [4.78, 5) is 13.6. The molecule has 1 aliphatic heterocycles. The summed E-state index contributed by atoms with van der Waals surface area (Å²) in [5.41, 5.74) is 2.35. The molecule has 0 spiro atoms. The molecule has 1 aliphatic rings. The van der Waals surface area contributed by atoms with Crippen molar-refractivity contribution >= 4 is 11.7 Å². The summed E-state index contributed by atoms with van der Waals surface area (Å²) in [6, 6.07) is 22.7. The number of nitrogens with zero attached hydrogens (tertiary/aromatic N) is 2. The Morgan fingerprint density at radius 1 is 1.03 bits per heavy atom. The normalized spacial score (nSPS) is 17.6. The Morgan fingerprint density at radius 3 is 2.34 bits per heavy atom. The molecule has 0 radical (unpaired) electrons. The first-order valence-electron chi connectivity index (χ1n) is 9.04. The number of nitriles is 1. The molecule has 3 aromatic carbocycles. The molecule has 6 nitrogen and oxygen atoms in total. The molecule has 6 heteroatoms. The maximum absolute atomic E-state index is 11.8. The van der Waals surface area contributed by atoms with E-state index in [2.05, 4.69) is 6.07 Å². The molecular weight excluding hydrogens is 368 g/mol. The van der Waals surface area contributed by atoms with E-state index in [1.807, 2.05) is 24.3 Å². The van der Waals surface area contributed by atoms with Crippen LogP contribution < -0.4 is 9.64 Å². The molecule has 0 saturated carbocycles. The van der Waals surface area contributed by atoms with Crippen LogP contribution in [0.25, 0.3) is 0 Å². The third kappa shape index (κ3) is 3.23. The fraction of sp³-hybridized carbons (Fsp3) is 0.130. The molecule has 3 aromatic rings. The van der Waals surface area contributed by atoms with E-state index in [9.17, 15) is 15.2 Å². The number of aromatic hydroxyl groups is 1. The lowest BCUT2D eigenvalue weighted by atomic mass is 9.99. The van der Waals surface area contributed by atoms with Gasteiger partial charge in [0.05, 0.1) is 24.3 Å². The fourth-order valence-electron chi connectivity index (χ4n) is 3.49. The molecule has 144 valence electrons. The van der Waals surface area contributed by atoms with Crippen LogP contribution in [0.15, 0.2) is 72.8 Å². The Bertz CT molecular complexity index is 1090. The van der Waals surface area contributed by atoms with Gasteiger partial charge in [-0.15, -0.1) is 0 Å². The first kappa shape index (κ1) is 18.4. The zero-order chi connectivity index (χ0) is 20.4. The van der Waals surface area contributed by atoms with Crippen LogP contribution in [0.2, 0.25) is 0 Å². The van der Waals surface area contributed by atoms with E-state index in [1.54, 1.807) is 53.4 Å². The number of phenolic OH excluding ortho intramolecular Hbond substituents is 1. The van der Waals surface area contributed by atoms with Crippen molar-refractivity contribution in [1.82, 2.24) is 0 Å². The average molecular weight is 386 g/mol. The second-order valence-electron chi connectivity index (χ2n) is 6.54. The number of fused-ring (bicyclic) bond motifs is 1. The van der Waals surface area contributed by atoms with Crippen molar-refractivity contribution in [2.24, 2.45) is 0 Å². The molecule has 1 heterocycles. The van der Waals surface area contributed by atoms with Gasteiger partial charge in [-0.05, 0) is 42.5 Å². The van der Waals surface area contributed by atoms with Gasteiger partial charge in [-0.25, -0.2) is 4.79 Å². The van der Waals surface area contributed by atoms with Crippen molar-refractivity contribution in [3.05, 3.63) is 89.5 Å². The number of methoxy groups -OCH3 is 1. The van der Waals surface area contributed by atoms with Gasteiger partial charge < -0.3 is 19.5 Å². The summed E-state index contributed by atoms with van der Waals surface area (Å²) in [5.74, 6) is 0.227. The number of carbonyl (C=O) groups is 1. The summed E-state index contributed by atoms with van der Waals surface area (Å²) in [5, 5.41) is 20.4. The maximum Gasteiger partial charge on any atom is 0.337 e. The van der Waals surface area contributed by atoms with Crippen molar-refractivity contribution < 1.29 is 19.4 Å². The standard InChI is InChI=1S/C23H18N2O4/c1-28-23(27)15-10-12-16(13-11-15)25-19(14-24)17-6-3-5-9-21(17)29-22(25)18-7-2-4-8-20(18)26/h2-13,19,22,26H,1H3/t19-,22+/m1/s1. The zero-order valence-corrected chi connectivity index (χ0v) is 15.6. The monoisotopic (exact) mass is 386 g/mol. The van der Waals surface area contributed by atoms with Crippen LogP contribution in [-0.4, -0.2) is 18.2 Å². The highest BCUT2D eigenvalue weighted by Crippen LogP contribution is 2.46. The molecule has 0 aliphatic carbocycles. The summed E-state index contributed by atoms with van der Waals surface area (Å²) < 4.78 is 11.0. The first-order valence-corrected chi connectivity index (χ1v) is 9.04. The van der Waals surface area contributed by atoms with Crippen LogP contribution in [0.5, 0.6) is 11.5 Å². The van der Waals surface area contributed by atoms with Gasteiger partial charge in [0.2, 0.25) is 6.23 Å². The second kappa shape index (κ2) is 7.56. The van der Waals surface area contributed by atoms with Gasteiger partial charge in [0.15, 0.2) is 0 Å². The number of esters is 1. The Hall–Kier alpha value is -3.98. The predicted molar refractivity (Wildman–Crippen MR) is 107 cm³/mol. The fourth-order valence-corrected chi connectivity index (χ4v) is 3.49. The van der Waals surface area contributed by atoms with Gasteiger partial charge >= 0.3 is 5.97 Å². The minimum atomic E-state index is -0.722. The molecule has 0 saturated heterocycles. The molecule has 0 unspecified atom stereocenters. The number of ether oxygens (including phenoxy) is 2. The maximum atomic E-state index is 11.8. The molecule has 4 rings (SSSR count). The first-order chi connectivity index (χ1) is 14.1. The Kier molecular flexibility index (Phi) is 4.80. The van der Waals surface area contributed by atoms with Crippen LogP contribution in [0.4, 0.5) is 5.69 Å². The van der Waals surface area contributed by atoms with Gasteiger partial charge in [-0.2, -0.15) is 5.26 Å². The summed E-state index contributed by atoms with van der Waals surface area (Å²) in [7, 11) is 1.32. The molecule has 29 heavy (non-hydrogen) atoms. The zero-order valence-electron chi connectivity index (χ0n) is 15.6. The number of benzene rings is 3. The van der Waals surface area contributed by atoms with Crippen LogP contribution in [-0.2, 0) is 4.74 Å². The smallest absolute Gasteiger partial charge is 0.337 e. The highest BCUT2D eigenvalue weighted by Gasteiger charge is 2.38. The van der Waals surface area contributed by atoms with Gasteiger partial charge in [-0.3, -0.25) is 0 Å². The number of carbonyl (C=O) groups excluding carboxylic acids is 1. The molecule has 0 bridgehead atoms. The van der Waals surface area contributed by atoms with Gasteiger partial charge in [-0.1, -0.05) is 30.3 Å². The van der Waals surface area contributed by atoms with Crippen LogP contribution in [0.1, 0.15) is 33.8 Å². The Labute approximate surface area is 168 Å². The lowest BCUT2D eigenvalue weighted by molar-refractivity contribution is 0.0600. The van der Waals surface area contributed by atoms with E-state index in [0.717, 1.165) is 5.56 Å². The summed E-state index contributed by atoms with van der Waals surface area (Å²) in [6.07, 6.45) is -0.722. The quantitative estimate of drug-likeness (QED) is 0.674. The van der Waals surface area contributed by atoms with Crippen molar-refractivity contribution in [1.29, 1.82) is 5.26 Å². The average Bonchev–Trinajstić information content (AvgIpc) is 2.77. The van der Waals surface area contributed by atoms with E-state index < -0.39 is 18.2 Å². The van der Waals surface area contributed by atoms with Gasteiger partial charge in [0.1, 0.15) is 17.5 Å². The molecule has 0 amide bonds. The van der Waals surface area contributed by atoms with Gasteiger partial charge in [0, 0.05) is 11.3 Å². The van der Waals surface area contributed by atoms with Gasteiger partial charge in [0.25, 0.3) is 0 Å². The van der Waals surface area contributed by atoms with E-state index in [4.69, 9.17) is 9.47 Å². The number of phenols is 1. The summed E-state index contributed by atoms with van der Waals surface area (Å²) >= 11 is 0. The van der Waals surface area contributed by atoms with Crippen LogP contribution in [0.3, 0.4) is 0 Å². The molecule has 0 aromatic heterocycles. The van der Waals surface area contributed by atoms with E-state index >= 15 is 0 Å². The lowest BCUT2D eigenvalue weighted by Crippen LogP contribution is -2.39.